The van der Waals surface area contributed by atoms with E-state index in [-0.39, 0.29) is 5.75 Å². The lowest BCUT2D eigenvalue weighted by atomic mass is 9.98. The second kappa shape index (κ2) is 3.17. The second-order valence-corrected chi connectivity index (χ2v) is 3.80. The van der Waals surface area contributed by atoms with E-state index in [1.165, 1.54) is 18.2 Å². The lowest BCUT2D eigenvalue weighted by Gasteiger charge is -2.14. The Kier molecular flexibility index (Phi) is 2.09. The topological polar surface area (TPSA) is 49.7 Å². The molecule has 0 aromatic heterocycles. The van der Waals surface area contributed by atoms with Crippen molar-refractivity contribution in [2.75, 3.05) is 0 Å². The number of halogens is 1. The minimum absolute atomic E-state index is 0.00889. The highest BCUT2D eigenvalue weighted by atomic mass is 19.1. The maximum atomic E-state index is 13.3. The van der Waals surface area contributed by atoms with E-state index < -0.39 is 11.4 Å². The molecule has 15 heavy (non-hydrogen) atoms. The van der Waals surface area contributed by atoms with Crippen molar-refractivity contribution in [1.29, 1.82) is 0 Å². The molecule has 0 atom stereocenters. The largest absolute Gasteiger partial charge is 0.508 e. The van der Waals surface area contributed by atoms with Gasteiger partial charge in [0.05, 0.1) is 0 Å². The molecule has 0 aliphatic heterocycles. The van der Waals surface area contributed by atoms with Crippen molar-refractivity contribution >= 4 is 6.08 Å². The van der Waals surface area contributed by atoms with Crippen molar-refractivity contribution < 1.29 is 14.3 Å². The minimum Gasteiger partial charge on any atom is -0.508 e. The van der Waals surface area contributed by atoms with E-state index in [4.69, 9.17) is 0 Å². The number of hydrogen-bond donors (Lipinski definition) is 1. The molecule has 1 aliphatic carbocycles. The molecule has 1 N–H and O–H groups in total. The van der Waals surface area contributed by atoms with Gasteiger partial charge in [-0.15, -0.1) is 0 Å². The summed E-state index contributed by atoms with van der Waals surface area (Å²) in [6, 6.07) is 2.49. The molecule has 0 spiro atoms. The first kappa shape index (κ1) is 9.87. The first-order chi connectivity index (χ1) is 7.10. The van der Waals surface area contributed by atoms with E-state index >= 15 is 0 Å². The van der Waals surface area contributed by atoms with Crippen LogP contribution < -0.4 is 0 Å². The van der Waals surface area contributed by atoms with E-state index in [9.17, 15) is 14.3 Å². The van der Waals surface area contributed by atoms with Gasteiger partial charge in [0, 0.05) is 5.56 Å². The molecule has 1 saturated carbocycles. The molecule has 1 aromatic carbocycles. The molecular formula is C11H10FNO2. The molecular weight excluding hydrogens is 197 g/mol. The fraction of sp³-hybridized carbons (Fsp3) is 0.364. The van der Waals surface area contributed by atoms with Crippen molar-refractivity contribution in [1.82, 2.24) is 0 Å². The number of aromatic hydroxyl groups is 1. The van der Waals surface area contributed by atoms with Gasteiger partial charge in [0.1, 0.15) is 17.1 Å². The molecule has 0 radical (unpaired) electrons. The monoisotopic (exact) mass is 207 g/mol. The first-order valence-corrected chi connectivity index (χ1v) is 4.68. The molecule has 2 rings (SSSR count). The maximum absolute atomic E-state index is 13.3. The highest BCUT2D eigenvalue weighted by Gasteiger charge is 2.48. The quantitative estimate of drug-likeness (QED) is 0.596. The van der Waals surface area contributed by atoms with Crippen LogP contribution in [0.1, 0.15) is 24.0 Å². The van der Waals surface area contributed by atoms with Gasteiger partial charge in [-0.25, -0.2) is 9.18 Å². The van der Waals surface area contributed by atoms with E-state index in [1.807, 2.05) is 0 Å². The Hall–Kier alpha value is -1.67. The fourth-order valence-electron chi connectivity index (χ4n) is 1.88. The summed E-state index contributed by atoms with van der Waals surface area (Å²) in [6.07, 6.45) is 2.79. The zero-order chi connectivity index (χ0) is 11.1. The van der Waals surface area contributed by atoms with Crippen LogP contribution in [0.3, 0.4) is 0 Å². The highest BCUT2D eigenvalue weighted by molar-refractivity contribution is 5.50. The van der Waals surface area contributed by atoms with Crippen LogP contribution in [0, 0.1) is 12.7 Å². The van der Waals surface area contributed by atoms with Crippen LogP contribution in [0.25, 0.3) is 0 Å². The average molecular weight is 207 g/mol. The van der Waals surface area contributed by atoms with Gasteiger partial charge in [0.15, 0.2) is 0 Å². The molecule has 0 bridgehead atoms. The molecule has 0 amide bonds. The third kappa shape index (κ3) is 1.43. The third-order valence-corrected chi connectivity index (χ3v) is 2.83. The molecule has 78 valence electrons. The van der Waals surface area contributed by atoms with E-state index in [0.717, 1.165) is 0 Å². The van der Waals surface area contributed by atoms with Crippen molar-refractivity contribution in [3.8, 4) is 5.75 Å². The first-order valence-electron chi connectivity index (χ1n) is 4.68. The summed E-state index contributed by atoms with van der Waals surface area (Å²) >= 11 is 0. The van der Waals surface area contributed by atoms with Gasteiger partial charge in [-0.05, 0) is 37.5 Å². The van der Waals surface area contributed by atoms with Gasteiger partial charge in [-0.3, -0.25) is 0 Å². The molecule has 0 saturated heterocycles. The number of rotatable bonds is 2. The number of isocyanates is 1. The number of aliphatic imine (C=N–C) groups is 1. The fourth-order valence-corrected chi connectivity index (χ4v) is 1.88. The summed E-state index contributed by atoms with van der Waals surface area (Å²) in [5, 5.41) is 9.66. The van der Waals surface area contributed by atoms with Gasteiger partial charge in [0.25, 0.3) is 0 Å². The summed E-state index contributed by atoms with van der Waals surface area (Å²) < 4.78 is 13.3. The lowest BCUT2D eigenvalue weighted by molar-refractivity contribution is 0.454. The number of carbonyl (C=O) groups excluding carboxylic acids is 1. The second-order valence-electron chi connectivity index (χ2n) is 3.80. The molecule has 0 heterocycles. The summed E-state index contributed by atoms with van der Waals surface area (Å²) in [7, 11) is 0. The number of phenolic OH excluding ortho intramolecular Hbond substituents is 1. The summed E-state index contributed by atoms with van der Waals surface area (Å²) in [6.45, 7) is 1.57. The van der Waals surface area contributed by atoms with Crippen LogP contribution in [0.15, 0.2) is 17.1 Å². The summed E-state index contributed by atoms with van der Waals surface area (Å²) in [5.74, 6) is -0.402. The van der Waals surface area contributed by atoms with Gasteiger partial charge in [-0.2, -0.15) is 4.99 Å². The van der Waals surface area contributed by atoms with E-state index in [1.54, 1.807) is 6.92 Å². The lowest BCUT2D eigenvalue weighted by Crippen LogP contribution is -2.06. The van der Waals surface area contributed by atoms with Crippen molar-refractivity contribution in [3.05, 3.63) is 29.1 Å². The predicted octanol–water partition coefficient (Wildman–Crippen LogP) is 2.16. The van der Waals surface area contributed by atoms with Crippen LogP contribution in [-0.4, -0.2) is 11.2 Å². The number of nitrogens with zero attached hydrogens (tertiary/aromatic N) is 1. The van der Waals surface area contributed by atoms with Crippen LogP contribution in [0.4, 0.5) is 4.39 Å². The smallest absolute Gasteiger partial charge is 0.235 e. The Morgan fingerprint density at radius 2 is 2.20 bits per heavy atom. The summed E-state index contributed by atoms with van der Waals surface area (Å²) in [5.41, 5.74) is 0.0511. The predicted molar refractivity (Wildman–Crippen MR) is 51.8 cm³/mol. The van der Waals surface area contributed by atoms with Crippen LogP contribution in [-0.2, 0) is 10.3 Å². The van der Waals surface area contributed by atoms with Gasteiger partial charge >= 0.3 is 0 Å². The van der Waals surface area contributed by atoms with Crippen molar-refractivity contribution in [3.63, 3.8) is 0 Å². The summed E-state index contributed by atoms with van der Waals surface area (Å²) in [4.78, 5) is 13.9. The molecule has 1 aromatic rings. The van der Waals surface area contributed by atoms with E-state index in [2.05, 4.69) is 4.99 Å². The number of hydrogen-bond acceptors (Lipinski definition) is 3. The van der Waals surface area contributed by atoms with Gasteiger partial charge in [0.2, 0.25) is 6.08 Å². The van der Waals surface area contributed by atoms with Gasteiger partial charge < -0.3 is 5.11 Å². The third-order valence-electron chi connectivity index (χ3n) is 2.83. The Bertz CT molecular complexity index is 460. The Morgan fingerprint density at radius 1 is 1.53 bits per heavy atom. The molecule has 0 unspecified atom stereocenters. The maximum Gasteiger partial charge on any atom is 0.235 e. The van der Waals surface area contributed by atoms with Crippen molar-refractivity contribution in [2.24, 2.45) is 4.99 Å². The highest BCUT2D eigenvalue weighted by Crippen LogP contribution is 2.53. The standard InChI is InChI=1S/C11H10FNO2/c1-7-8(12)2-3-9(15)10(7)11(4-5-11)13-6-14/h2-3,15H,4-5H2,1H3. The van der Waals surface area contributed by atoms with Crippen molar-refractivity contribution in [2.45, 2.75) is 25.3 Å². The Labute approximate surface area is 86.3 Å². The minimum atomic E-state index is -0.724. The Balaban J connectivity index is 2.62. The van der Waals surface area contributed by atoms with Crippen LogP contribution >= 0.6 is 0 Å². The molecule has 1 aliphatic rings. The Morgan fingerprint density at radius 3 is 2.73 bits per heavy atom. The molecule has 4 heteroatoms. The molecule has 3 nitrogen and oxygen atoms in total. The van der Waals surface area contributed by atoms with Gasteiger partial charge in [-0.1, -0.05) is 0 Å². The number of benzene rings is 1. The van der Waals surface area contributed by atoms with E-state index in [0.29, 0.717) is 24.0 Å². The number of phenols is 1. The zero-order valence-corrected chi connectivity index (χ0v) is 8.25. The molecule has 1 fully saturated rings. The normalized spacial score (nSPS) is 16.9. The van der Waals surface area contributed by atoms with Crippen LogP contribution in [0.5, 0.6) is 5.75 Å². The average Bonchev–Trinajstić information content (AvgIpc) is 2.94. The SMILES string of the molecule is Cc1c(F)ccc(O)c1C1(N=C=O)CC1. The van der Waals surface area contributed by atoms with Crippen LogP contribution in [0.2, 0.25) is 0 Å². The zero-order valence-electron chi connectivity index (χ0n) is 8.25.